The van der Waals surface area contributed by atoms with Gasteiger partial charge < -0.3 is 14.2 Å². The van der Waals surface area contributed by atoms with Crippen molar-refractivity contribution >= 4 is 27.5 Å². The predicted octanol–water partition coefficient (Wildman–Crippen LogP) is 4.72. The molecule has 0 aliphatic rings. The number of amides is 1. The summed E-state index contributed by atoms with van der Waals surface area (Å²) < 4.78 is 32.7. The lowest BCUT2D eigenvalue weighted by molar-refractivity contribution is -0.123. The molecule has 1 heterocycles. The molecule has 3 N–H and O–H groups in total. The van der Waals surface area contributed by atoms with Gasteiger partial charge in [-0.15, -0.1) is 11.3 Å². The molecule has 0 spiro atoms. The van der Waals surface area contributed by atoms with Crippen molar-refractivity contribution in [3.8, 4) is 11.5 Å². The summed E-state index contributed by atoms with van der Waals surface area (Å²) in [5.74, 6) is 0.218. The van der Waals surface area contributed by atoms with Crippen molar-refractivity contribution in [1.29, 1.82) is 0 Å². The minimum Gasteiger partial charge on any atom is -0.497 e. The molecule has 39 heavy (non-hydrogen) atoms. The Labute approximate surface area is 233 Å². The topological polar surface area (TPSA) is 121 Å². The predicted molar refractivity (Wildman–Crippen MR) is 152 cm³/mol. The van der Waals surface area contributed by atoms with Crippen LogP contribution in [0.25, 0.3) is 0 Å². The van der Waals surface area contributed by atoms with Crippen LogP contribution >= 0.6 is 11.3 Å². The van der Waals surface area contributed by atoms with Crippen LogP contribution in [0, 0.1) is 0 Å². The quantitative estimate of drug-likeness (QED) is 0.256. The largest absolute Gasteiger partial charge is 0.497 e. The van der Waals surface area contributed by atoms with Gasteiger partial charge >= 0.3 is 10.3 Å². The third-order valence-corrected chi connectivity index (χ3v) is 7.65. The van der Waals surface area contributed by atoms with Gasteiger partial charge in [0.1, 0.15) is 16.5 Å². The number of aryl methyl sites for hydroxylation is 1. The normalized spacial score (nSPS) is 12.9. The summed E-state index contributed by atoms with van der Waals surface area (Å²) in [6.45, 7) is 2.04. The lowest BCUT2D eigenvalue weighted by Crippen LogP contribution is -2.35. The van der Waals surface area contributed by atoms with Crippen LogP contribution in [0.3, 0.4) is 0 Å². The van der Waals surface area contributed by atoms with E-state index in [1.165, 1.54) is 23.5 Å². The molecule has 10 heteroatoms. The number of carbonyl (C=O) groups excluding carboxylic acids is 1. The Morgan fingerprint density at radius 3 is 2.33 bits per heavy atom. The van der Waals surface area contributed by atoms with E-state index >= 15 is 0 Å². The van der Waals surface area contributed by atoms with E-state index in [9.17, 15) is 13.2 Å². The number of nitrogens with two attached hydrogens (primary N) is 1. The lowest BCUT2D eigenvalue weighted by Gasteiger charge is -2.23. The molecule has 2 unspecified atom stereocenters. The third kappa shape index (κ3) is 8.13. The summed E-state index contributed by atoms with van der Waals surface area (Å²) in [5.41, 5.74) is 3.73. The van der Waals surface area contributed by atoms with Gasteiger partial charge in [-0.1, -0.05) is 61.5 Å². The Hall–Kier alpha value is -3.73. The van der Waals surface area contributed by atoms with Crippen molar-refractivity contribution in [2.24, 2.45) is 5.14 Å². The molecule has 0 saturated heterocycles. The standard InChI is InChI=1S/C29H31N3O5S2/c1-3-23-19-38-29(31-23)27(17-21-12-14-24(15-13-21)37-39(30,34)35)32-28(33)26(16-20-8-5-4-6-9-20)22-10-7-11-25(18-22)36-2/h4-15,18-19,26-27H,3,16-17H2,1-2H3,(H,32,33)(H2,30,34,35). The van der Waals surface area contributed by atoms with Crippen molar-refractivity contribution in [2.45, 2.75) is 38.1 Å². The first kappa shape index (κ1) is 28.3. The summed E-state index contributed by atoms with van der Waals surface area (Å²) in [4.78, 5) is 18.7. The fraction of sp³-hybridized carbons (Fsp3) is 0.241. The van der Waals surface area contributed by atoms with Gasteiger partial charge in [-0.3, -0.25) is 4.79 Å². The van der Waals surface area contributed by atoms with Gasteiger partial charge in [0.25, 0.3) is 0 Å². The van der Waals surface area contributed by atoms with E-state index in [1.807, 2.05) is 66.9 Å². The first-order chi connectivity index (χ1) is 18.7. The average Bonchev–Trinajstić information content (AvgIpc) is 3.41. The zero-order valence-electron chi connectivity index (χ0n) is 21.7. The Kier molecular flexibility index (Phi) is 9.34. The molecule has 0 fully saturated rings. The number of rotatable bonds is 12. The number of benzene rings is 3. The summed E-state index contributed by atoms with van der Waals surface area (Å²) >= 11 is 1.51. The monoisotopic (exact) mass is 565 g/mol. The van der Waals surface area contributed by atoms with Crippen molar-refractivity contribution in [2.75, 3.05) is 7.11 Å². The Bertz CT molecular complexity index is 1490. The molecule has 204 valence electrons. The summed E-state index contributed by atoms with van der Waals surface area (Å²) in [5, 5.41) is 11.0. The van der Waals surface area contributed by atoms with Gasteiger partial charge in [-0.05, 0) is 60.2 Å². The smallest absolute Gasteiger partial charge is 0.380 e. The number of ether oxygens (including phenoxy) is 1. The Morgan fingerprint density at radius 1 is 0.974 bits per heavy atom. The number of aromatic nitrogens is 1. The van der Waals surface area contributed by atoms with Crippen LogP contribution in [0.4, 0.5) is 0 Å². The molecular formula is C29H31N3O5S2. The number of methoxy groups -OCH3 is 1. The highest BCUT2D eigenvalue weighted by Gasteiger charge is 2.26. The molecule has 3 aromatic carbocycles. The van der Waals surface area contributed by atoms with Crippen LogP contribution in [0.15, 0.2) is 84.2 Å². The van der Waals surface area contributed by atoms with Crippen LogP contribution < -0.4 is 19.4 Å². The maximum atomic E-state index is 13.9. The van der Waals surface area contributed by atoms with Crippen LogP contribution in [0.2, 0.25) is 0 Å². The van der Waals surface area contributed by atoms with E-state index in [1.54, 1.807) is 19.2 Å². The van der Waals surface area contributed by atoms with E-state index in [0.29, 0.717) is 18.6 Å². The first-order valence-electron chi connectivity index (χ1n) is 12.5. The van der Waals surface area contributed by atoms with Crippen LogP contribution in [0.1, 0.15) is 46.3 Å². The van der Waals surface area contributed by atoms with Gasteiger partial charge in [0, 0.05) is 5.38 Å². The summed E-state index contributed by atoms with van der Waals surface area (Å²) in [6, 6.07) is 23.6. The third-order valence-electron chi connectivity index (χ3n) is 6.22. The fourth-order valence-electron chi connectivity index (χ4n) is 4.24. The molecule has 8 nitrogen and oxygen atoms in total. The fourth-order valence-corrected chi connectivity index (χ4v) is 5.57. The molecule has 1 amide bonds. The maximum absolute atomic E-state index is 13.9. The zero-order valence-corrected chi connectivity index (χ0v) is 23.4. The molecule has 0 radical (unpaired) electrons. The van der Waals surface area contributed by atoms with E-state index in [4.69, 9.17) is 19.0 Å². The first-order valence-corrected chi connectivity index (χ1v) is 14.8. The van der Waals surface area contributed by atoms with Gasteiger partial charge in [-0.2, -0.15) is 13.6 Å². The van der Waals surface area contributed by atoms with E-state index < -0.39 is 22.3 Å². The Balaban J connectivity index is 1.62. The van der Waals surface area contributed by atoms with Crippen LogP contribution in [-0.4, -0.2) is 26.4 Å². The summed E-state index contributed by atoms with van der Waals surface area (Å²) in [6.07, 6.45) is 1.76. The highest BCUT2D eigenvalue weighted by atomic mass is 32.2. The number of hydrogen-bond donors (Lipinski definition) is 2. The number of nitrogens with one attached hydrogen (secondary N) is 1. The van der Waals surface area contributed by atoms with Crippen molar-refractivity contribution in [1.82, 2.24) is 10.3 Å². The molecule has 0 aliphatic heterocycles. The number of carbonyl (C=O) groups is 1. The second-order valence-corrected chi connectivity index (χ2v) is 11.1. The van der Waals surface area contributed by atoms with E-state index in [0.717, 1.165) is 33.8 Å². The second-order valence-electron chi connectivity index (χ2n) is 9.03. The number of nitrogens with zero attached hydrogens (tertiary/aromatic N) is 1. The van der Waals surface area contributed by atoms with E-state index in [-0.39, 0.29) is 11.7 Å². The van der Waals surface area contributed by atoms with Gasteiger partial charge in [-0.25, -0.2) is 4.98 Å². The maximum Gasteiger partial charge on any atom is 0.380 e. The SMILES string of the molecule is CCc1csc(C(Cc2ccc(OS(N)(=O)=O)cc2)NC(=O)C(Cc2ccccc2)c2cccc(OC)c2)n1. The lowest BCUT2D eigenvalue weighted by atomic mass is 9.90. The Morgan fingerprint density at radius 2 is 1.69 bits per heavy atom. The number of thiazole rings is 1. The van der Waals surface area contributed by atoms with E-state index in [2.05, 4.69) is 5.32 Å². The highest BCUT2D eigenvalue weighted by molar-refractivity contribution is 7.84. The van der Waals surface area contributed by atoms with Crippen LogP contribution in [0.5, 0.6) is 11.5 Å². The molecule has 4 rings (SSSR count). The molecule has 2 atom stereocenters. The van der Waals surface area contributed by atoms with Crippen LogP contribution in [-0.2, 0) is 34.4 Å². The molecule has 1 aromatic heterocycles. The molecule has 0 aliphatic carbocycles. The molecule has 4 aromatic rings. The summed E-state index contributed by atoms with van der Waals surface area (Å²) in [7, 11) is -2.51. The van der Waals surface area contributed by atoms with Gasteiger partial charge in [0.2, 0.25) is 5.91 Å². The second kappa shape index (κ2) is 12.9. The van der Waals surface area contributed by atoms with Crippen molar-refractivity contribution in [3.63, 3.8) is 0 Å². The highest BCUT2D eigenvalue weighted by Crippen LogP contribution is 2.29. The van der Waals surface area contributed by atoms with Gasteiger partial charge in [0.05, 0.1) is 24.8 Å². The molecular weight excluding hydrogens is 534 g/mol. The van der Waals surface area contributed by atoms with Crippen molar-refractivity contribution < 1.29 is 22.1 Å². The molecule has 0 saturated carbocycles. The van der Waals surface area contributed by atoms with Gasteiger partial charge in [0.15, 0.2) is 0 Å². The van der Waals surface area contributed by atoms with Crippen molar-refractivity contribution in [3.05, 3.63) is 112 Å². The number of hydrogen-bond acceptors (Lipinski definition) is 7. The minimum atomic E-state index is -4.11. The zero-order chi connectivity index (χ0) is 27.8. The molecule has 0 bridgehead atoms. The average molecular weight is 566 g/mol. The minimum absolute atomic E-state index is 0.116.